The number of rotatable bonds is 10. The zero-order chi connectivity index (χ0) is 25.3. The van der Waals surface area contributed by atoms with Crippen LogP contribution in [0.3, 0.4) is 0 Å². The van der Waals surface area contributed by atoms with E-state index in [-0.39, 0.29) is 35.5 Å². The van der Waals surface area contributed by atoms with Crippen molar-refractivity contribution in [3.8, 4) is 5.75 Å². The molecule has 1 spiro atoms. The number of nitrogens with zero attached hydrogens (tertiary/aromatic N) is 1. The van der Waals surface area contributed by atoms with Gasteiger partial charge in [0.2, 0.25) is 17.7 Å². The van der Waals surface area contributed by atoms with Crippen LogP contribution in [0.4, 0.5) is 5.69 Å². The lowest BCUT2D eigenvalue weighted by Gasteiger charge is -2.39. The van der Waals surface area contributed by atoms with E-state index in [2.05, 4.69) is 24.5 Å². The number of fused-ring (bicyclic) bond motifs is 1. The Morgan fingerprint density at radius 1 is 1.26 bits per heavy atom. The van der Waals surface area contributed by atoms with Gasteiger partial charge in [-0.2, -0.15) is 0 Å². The molecule has 3 amide bonds. The van der Waals surface area contributed by atoms with E-state index in [1.807, 2.05) is 6.92 Å². The van der Waals surface area contributed by atoms with E-state index < -0.39 is 28.7 Å². The Balaban J connectivity index is 1.63. The van der Waals surface area contributed by atoms with Crippen LogP contribution in [0.15, 0.2) is 24.3 Å². The van der Waals surface area contributed by atoms with Crippen LogP contribution in [0.2, 0.25) is 0 Å². The Hall–Kier alpha value is -2.26. The molecular weight excluding hydrogens is 466 g/mol. The summed E-state index contributed by atoms with van der Waals surface area (Å²) in [5.41, 5.74) is 0.646. The maximum absolute atomic E-state index is 13.9. The number of carbonyl (C=O) groups is 3. The molecule has 8 nitrogen and oxygen atoms in total. The summed E-state index contributed by atoms with van der Waals surface area (Å²) in [6.07, 6.45) is 2.59. The third kappa shape index (κ3) is 4.31. The molecule has 3 saturated heterocycles. The lowest BCUT2D eigenvalue weighted by Crippen LogP contribution is -2.58. The fraction of sp³-hybridized carbons (Fsp3) is 0.654. The van der Waals surface area contributed by atoms with Gasteiger partial charge in [-0.3, -0.25) is 14.4 Å². The zero-order valence-corrected chi connectivity index (χ0v) is 21.8. The molecule has 35 heavy (non-hydrogen) atoms. The Labute approximate surface area is 211 Å². The second-order valence-corrected chi connectivity index (χ2v) is 11.5. The van der Waals surface area contributed by atoms with Crippen LogP contribution in [-0.2, 0) is 14.4 Å². The van der Waals surface area contributed by atoms with Crippen LogP contribution < -0.4 is 15.4 Å². The van der Waals surface area contributed by atoms with E-state index in [0.717, 1.165) is 25.0 Å². The summed E-state index contributed by atoms with van der Waals surface area (Å²) in [5, 5.41) is 15.9. The van der Waals surface area contributed by atoms with Gasteiger partial charge in [-0.25, -0.2) is 0 Å². The van der Waals surface area contributed by atoms with Gasteiger partial charge in [0.05, 0.1) is 35.8 Å². The summed E-state index contributed by atoms with van der Waals surface area (Å²) in [7, 11) is 0. The lowest BCUT2D eigenvalue weighted by molar-refractivity contribution is -0.141. The molecule has 2 bridgehead atoms. The normalized spacial score (nSPS) is 31.9. The highest BCUT2D eigenvalue weighted by atomic mass is 32.2. The van der Waals surface area contributed by atoms with Gasteiger partial charge in [-0.1, -0.05) is 20.3 Å². The number of anilines is 1. The van der Waals surface area contributed by atoms with Gasteiger partial charge in [0, 0.05) is 17.5 Å². The number of aliphatic hydroxyl groups is 1. The molecule has 3 fully saturated rings. The standard InChI is InChI=1S/C26H37N3O5S/c1-5-7-12-27-24(32)22-26-15(3)13-19(35-26)20(21(26)25(33)29(22)16(4)14-30)23(31)28-17-8-10-18(11-9-17)34-6-2/h8-11,15-16,19-22,30H,5-7,12-14H2,1-4H3,(H,27,32)(H,28,31)/t15?,16-,19+,20-,21+,22?,26?/m1/s1. The van der Waals surface area contributed by atoms with Gasteiger partial charge in [0.25, 0.3) is 0 Å². The van der Waals surface area contributed by atoms with E-state index >= 15 is 0 Å². The molecule has 3 aliphatic heterocycles. The molecule has 0 aromatic heterocycles. The fourth-order valence-electron chi connectivity index (χ4n) is 6.13. The first-order chi connectivity index (χ1) is 16.8. The number of benzene rings is 1. The largest absolute Gasteiger partial charge is 0.494 e. The van der Waals surface area contributed by atoms with E-state index in [0.29, 0.717) is 18.8 Å². The minimum atomic E-state index is -0.702. The number of hydrogen-bond acceptors (Lipinski definition) is 6. The first-order valence-electron chi connectivity index (χ1n) is 12.7. The zero-order valence-electron chi connectivity index (χ0n) is 21.0. The predicted molar refractivity (Wildman–Crippen MR) is 136 cm³/mol. The molecular formula is C26H37N3O5S. The highest BCUT2D eigenvalue weighted by Crippen LogP contribution is 2.68. The summed E-state index contributed by atoms with van der Waals surface area (Å²) in [6, 6.07) is 5.99. The van der Waals surface area contributed by atoms with Crippen LogP contribution in [0.5, 0.6) is 5.75 Å². The summed E-state index contributed by atoms with van der Waals surface area (Å²) >= 11 is 1.64. The van der Waals surface area contributed by atoms with Gasteiger partial charge < -0.3 is 25.4 Å². The quantitative estimate of drug-likeness (QED) is 0.424. The molecule has 1 aromatic carbocycles. The number of hydrogen-bond donors (Lipinski definition) is 3. The summed E-state index contributed by atoms with van der Waals surface area (Å²) < 4.78 is 4.80. The Kier molecular flexibility index (Phi) is 7.66. The molecule has 9 heteroatoms. The highest BCUT2D eigenvalue weighted by molar-refractivity contribution is 8.02. The number of amides is 3. The summed E-state index contributed by atoms with van der Waals surface area (Å²) in [5.74, 6) is -0.874. The van der Waals surface area contributed by atoms with Crippen molar-refractivity contribution in [3.05, 3.63) is 24.3 Å². The number of nitrogens with one attached hydrogen (secondary N) is 2. The average molecular weight is 504 g/mol. The second kappa shape index (κ2) is 10.4. The van der Waals surface area contributed by atoms with Crippen LogP contribution in [0, 0.1) is 17.8 Å². The maximum Gasteiger partial charge on any atom is 0.244 e. The van der Waals surface area contributed by atoms with Crippen molar-refractivity contribution < 1.29 is 24.2 Å². The molecule has 0 radical (unpaired) electrons. The highest BCUT2D eigenvalue weighted by Gasteiger charge is 2.76. The molecule has 192 valence electrons. The van der Waals surface area contributed by atoms with E-state index in [1.54, 1.807) is 47.9 Å². The second-order valence-electron chi connectivity index (χ2n) is 9.92. The molecule has 3 unspecified atom stereocenters. The van der Waals surface area contributed by atoms with Crippen molar-refractivity contribution >= 4 is 35.2 Å². The third-order valence-corrected chi connectivity index (χ3v) is 9.81. The Morgan fingerprint density at radius 2 is 1.97 bits per heavy atom. The summed E-state index contributed by atoms with van der Waals surface area (Å²) in [6.45, 7) is 8.70. The average Bonchev–Trinajstić information content (AvgIpc) is 3.43. The van der Waals surface area contributed by atoms with Crippen LogP contribution in [-0.4, -0.2) is 69.6 Å². The number of carbonyl (C=O) groups excluding carboxylic acids is 3. The first kappa shape index (κ1) is 25.8. The smallest absolute Gasteiger partial charge is 0.244 e. The van der Waals surface area contributed by atoms with E-state index in [4.69, 9.17) is 4.74 Å². The molecule has 1 aromatic rings. The Morgan fingerprint density at radius 3 is 2.60 bits per heavy atom. The van der Waals surface area contributed by atoms with Gasteiger partial charge >= 0.3 is 0 Å². The molecule has 3 aliphatic rings. The van der Waals surface area contributed by atoms with Crippen molar-refractivity contribution in [1.29, 1.82) is 0 Å². The van der Waals surface area contributed by atoms with Crippen molar-refractivity contribution in [2.45, 2.75) is 69.0 Å². The van der Waals surface area contributed by atoms with Gasteiger partial charge in [-0.15, -0.1) is 11.8 Å². The van der Waals surface area contributed by atoms with E-state index in [9.17, 15) is 19.5 Å². The lowest BCUT2D eigenvalue weighted by atomic mass is 9.66. The summed E-state index contributed by atoms with van der Waals surface area (Å²) in [4.78, 5) is 42.5. The topological polar surface area (TPSA) is 108 Å². The van der Waals surface area contributed by atoms with Gasteiger partial charge in [0.15, 0.2) is 0 Å². The van der Waals surface area contributed by atoms with Gasteiger partial charge in [0.1, 0.15) is 11.8 Å². The van der Waals surface area contributed by atoms with Crippen LogP contribution >= 0.6 is 11.8 Å². The number of unbranched alkanes of at least 4 members (excludes halogenated alkanes) is 1. The molecule has 4 rings (SSSR count). The minimum Gasteiger partial charge on any atom is -0.494 e. The molecule has 0 aliphatic carbocycles. The SMILES string of the molecule is CCCCNC(=O)C1N([C@H](C)CO)C(=O)[C@@H]2[C@H](C(=O)Nc3ccc(OCC)cc3)[C@@H]3CC(C)C12S3. The fourth-order valence-corrected chi connectivity index (χ4v) is 8.54. The number of likely N-dealkylation sites (tertiary alicyclic amines) is 1. The van der Waals surface area contributed by atoms with Crippen LogP contribution in [0.25, 0.3) is 0 Å². The predicted octanol–water partition coefficient (Wildman–Crippen LogP) is 2.66. The van der Waals surface area contributed by atoms with Gasteiger partial charge in [-0.05, 0) is 56.9 Å². The molecule has 0 saturated carbocycles. The number of aliphatic hydroxyl groups excluding tert-OH is 1. The molecule has 3 N–H and O–H groups in total. The maximum atomic E-state index is 13.9. The third-order valence-electron chi connectivity index (χ3n) is 7.74. The number of ether oxygens (including phenoxy) is 1. The molecule has 7 atom stereocenters. The minimum absolute atomic E-state index is 0.0285. The Bertz CT molecular complexity index is 957. The van der Waals surface area contributed by atoms with Crippen molar-refractivity contribution in [3.63, 3.8) is 0 Å². The van der Waals surface area contributed by atoms with E-state index in [1.165, 1.54) is 0 Å². The van der Waals surface area contributed by atoms with Crippen molar-refractivity contribution in [1.82, 2.24) is 10.2 Å². The first-order valence-corrected chi connectivity index (χ1v) is 13.6. The van der Waals surface area contributed by atoms with Crippen LogP contribution in [0.1, 0.15) is 47.0 Å². The van der Waals surface area contributed by atoms with Crippen molar-refractivity contribution in [2.24, 2.45) is 17.8 Å². The molecule has 3 heterocycles. The van der Waals surface area contributed by atoms with Crippen molar-refractivity contribution in [2.75, 3.05) is 25.1 Å². The monoisotopic (exact) mass is 503 g/mol. The number of thioether (sulfide) groups is 1.